The molecular weight excluding hydrogens is 378 g/mol. The van der Waals surface area contributed by atoms with E-state index in [2.05, 4.69) is 25.0 Å². The third kappa shape index (κ3) is 3.20. The predicted octanol–water partition coefficient (Wildman–Crippen LogP) is 3.37. The Hall–Kier alpha value is -3.75. The van der Waals surface area contributed by atoms with Gasteiger partial charge in [0, 0.05) is 24.8 Å². The van der Waals surface area contributed by atoms with E-state index in [0.29, 0.717) is 17.2 Å². The molecule has 7 nitrogen and oxygen atoms in total. The number of rotatable bonds is 4. The SMILES string of the molecule is Oc1cnn(-c2cc(C3CC3c3cnc(-c4ncccn4)nc3)cc(F)c2F)c1. The van der Waals surface area contributed by atoms with Gasteiger partial charge in [-0.25, -0.2) is 33.4 Å². The molecule has 0 spiro atoms. The molecule has 0 amide bonds. The molecule has 2 unspecified atom stereocenters. The van der Waals surface area contributed by atoms with E-state index in [4.69, 9.17) is 0 Å². The topological polar surface area (TPSA) is 89.6 Å². The van der Waals surface area contributed by atoms with Crippen LogP contribution in [-0.2, 0) is 0 Å². The first-order valence-electron chi connectivity index (χ1n) is 8.92. The Kier molecular flexibility index (Phi) is 4.01. The van der Waals surface area contributed by atoms with Gasteiger partial charge in [0.05, 0.1) is 12.4 Å². The Morgan fingerprint density at radius 1 is 0.897 bits per heavy atom. The van der Waals surface area contributed by atoms with Gasteiger partial charge in [-0.1, -0.05) is 0 Å². The lowest BCUT2D eigenvalue weighted by atomic mass is 10.1. The van der Waals surface area contributed by atoms with E-state index < -0.39 is 11.6 Å². The Labute approximate surface area is 163 Å². The first-order chi connectivity index (χ1) is 14.1. The van der Waals surface area contributed by atoms with Crippen molar-refractivity contribution in [3.05, 3.63) is 78.1 Å². The number of hydrogen-bond donors (Lipinski definition) is 1. The van der Waals surface area contributed by atoms with Gasteiger partial charge in [-0.3, -0.25) is 0 Å². The van der Waals surface area contributed by atoms with Gasteiger partial charge >= 0.3 is 0 Å². The quantitative estimate of drug-likeness (QED) is 0.573. The van der Waals surface area contributed by atoms with E-state index >= 15 is 0 Å². The van der Waals surface area contributed by atoms with E-state index in [0.717, 1.165) is 16.7 Å². The Bertz CT molecular complexity index is 1180. The molecule has 1 fully saturated rings. The normalized spacial score (nSPS) is 18.0. The van der Waals surface area contributed by atoms with Crippen LogP contribution in [-0.4, -0.2) is 34.8 Å². The number of aromatic hydroxyl groups is 1. The third-order valence-electron chi connectivity index (χ3n) is 4.93. The predicted molar refractivity (Wildman–Crippen MR) is 98.3 cm³/mol. The van der Waals surface area contributed by atoms with Crippen molar-refractivity contribution in [2.24, 2.45) is 0 Å². The summed E-state index contributed by atoms with van der Waals surface area (Å²) in [6.07, 6.45) is 9.85. The molecule has 1 N–H and O–H groups in total. The Morgan fingerprint density at radius 3 is 2.28 bits per heavy atom. The summed E-state index contributed by atoms with van der Waals surface area (Å²) in [6, 6.07) is 4.48. The summed E-state index contributed by atoms with van der Waals surface area (Å²) < 4.78 is 29.5. The monoisotopic (exact) mass is 392 g/mol. The highest BCUT2D eigenvalue weighted by atomic mass is 19.2. The number of nitrogens with zero attached hydrogens (tertiary/aromatic N) is 6. The highest BCUT2D eigenvalue weighted by Gasteiger charge is 2.41. The number of halogens is 2. The lowest BCUT2D eigenvalue weighted by Gasteiger charge is -2.08. The molecule has 4 aromatic rings. The van der Waals surface area contributed by atoms with E-state index in [1.807, 2.05) is 0 Å². The van der Waals surface area contributed by atoms with Crippen molar-refractivity contribution in [3.63, 3.8) is 0 Å². The summed E-state index contributed by atoms with van der Waals surface area (Å²) in [5.74, 6) is -1.08. The second kappa shape index (κ2) is 6.69. The van der Waals surface area contributed by atoms with Crippen molar-refractivity contribution in [3.8, 4) is 23.1 Å². The maximum Gasteiger partial charge on any atom is 0.197 e. The smallest absolute Gasteiger partial charge is 0.197 e. The van der Waals surface area contributed by atoms with E-state index in [1.165, 1.54) is 18.5 Å². The molecule has 3 aromatic heterocycles. The van der Waals surface area contributed by atoms with Crippen molar-refractivity contribution in [1.82, 2.24) is 29.7 Å². The minimum absolute atomic E-state index is 0.0236. The van der Waals surface area contributed by atoms with Crippen molar-refractivity contribution < 1.29 is 13.9 Å². The molecule has 3 heterocycles. The molecule has 2 atom stereocenters. The maximum absolute atomic E-state index is 14.2. The van der Waals surface area contributed by atoms with E-state index in [-0.39, 0.29) is 23.3 Å². The largest absolute Gasteiger partial charge is 0.505 e. The molecular formula is C20H14F2N6O. The Morgan fingerprint density at radius 2 is 1.59 bits per heavy atom. The average molecular weight is 392 g/mol. The molecule has 1 saturated carbocycles. The van der Waals surface area contributed by atoms with Gasteiger partial charge in [0.1, 0.15) is 5.69 Å². The molecule has 144 valence electrons. The van der Waals surface area contributed by atoms with Crippen LogP contribution in [0.4, 0.5) is 8.78 Å². The standard InChI is InChI=1S/C20H14F2N6O/c21-16-4-11(5-17(18(16)22)28-10-13(29)9-27-28)14-6-15(14)12-7-25-20(26-8-12)19-23-2-1-3-24-19/h1-5,7-10,14-15,29H,6H2. The highest BCUT2D eigenvalue weighted by Crippen LogP contribution is 2.54. The minimum Gasteiger partial charge on any atom is -0.505 e. The van der Waals surface area contributed by atoms with Crippen molar-refractivity contribution >= 4 is 0 Å². The Balaban J connectivity index is 1.41. The summed E-state index contributed by atoms with van der Waals surface area (Å²) in [4.78, 5) is 16.9. The summed E-state index contributed by atoms with van der Waals surface area (Å²) in [5.41, 5.74) is 1.53. The van der Waals surface area contributed by atoms with Crippen LogP contribution in [0.3, 0.4) is 0 Å². The summed E-state index contributed by atoms with van der Waals surface area (Å²) in [6.45, 7) is 0. The average Bonchev–Trinajstić information content (AvgIpc) is 3.44. The molecule has 29 heavy (non-hydrogen) atoms. The van der Waals surface area contributed by atoms with E-state index in [1.54, 1.807) is 36.9 Å². The van der Waals surface area contributed by atoms with Gasteiger partial charge in [-0.2, -0.15) is 5.10 Å². The first-order valence-corrected chi connectivity index (χ1v) is 8.92. The lowest BCUT2D eigenvalue weighted by Crippen LogP contribution is -2.02. The van der Waals surface area contributed by atoms with Gasteiger partial charge in [-0.15, -0.1) is 0 Å². The molecule has 1 aliphatic carbocycles. The van der Waals surface area contributed by atoms with Crippen LogP contribution >= 0.6 is 0 Å². The molecule has 5 rings (SSSR count). The van der Waals surface area contributed by atoms with Gasteiger partial charge in [0.15, 0.2) is 29.0 Å². The van der Waals surface area contributed by atoms with E-state index in [9.17, 15) is 13.9 Å². The minimum atomic E-state index is -1.01. The molecule has 1 aliphatic rings. The molecule has 0 radical (unpaired) electrons. The van der Waals surface area contributed by atoms with Crippen molar-refractivity contribution in [2.45, 2.75) is 18.3 Å². The van der Waals surface area contributed by atoms with Crippen LogP contribution < -0.4 is 0 Å². The van der Waals surface area contributed by atoms with Crippen LogP contribution in [0.2, 0.25) is 0 Å². The second-order valence-electron chi connectivity index (χ2n) is 6.84. The van der Waals surface area contributed by atoms with Crippen LogP contribution in [0, 0.1) is 11.6 Å². The fourth-order valence-electron chi connectivity index (χ4n) is 3.41. The number of hydrogen-bond acceptors (Lipinski definition) is 6. The molecule has 0 saturated heterocycles. The van der Waals surface area contributed by atoms with Gasteiger partial charge in [-0.05, 0) is 47.6 Å². The number of benzene rings is 1. The van der Waals surface area contributed by atoms with Crippen LogP contribution in [0.25, 0.3) is 17.3 Å². The summed E-state index contributed by atoms with van der Waals surface area (Å²) in [5, 5.41) is 13.3. The summed E-state index contributed by atoms with van der Waals surface area (Å²) in [7, 11) is 0. The third-order valence-corrected chi connectivity index (χ3v) is 4.93. The first kappa shape index (κ1) is 17.4. The fraction of sp³-hybridized carbons (Fsp3) is 0.150. The summed E-state index contributed by atoms with van der Waals surface area (Å²) >= 11 is 0. The van der Waals surface area contributed by atoms with Crippen LogP contribution in [0.15, 0.2) is 55.4 Å². The second-order valence-corrected chi connectivity index (χ2v) is 6.84. The zero-order chi connectivity index (χ0) is 20.0. The lowest BCUT2D eigenvalue weighted by molar-refractivity contribution is 0.474. The van der Waals surface area contributed by atoms with Gasteiger partial charge < -0.3 is 5.11 Å². The fourth-order valence-corrected chi connectivity index (χ4v) is 3.41. The molecule has 0 bridgehead atoms. The zero-order valence-corrected chi connectivity index (χ0v) is 14.9. The molecule has 9 heteroatoms. The molecule has 0 aliphatic heterocycles. The van der Waals surface area contributed by atoms with Gasteiger partial charge in [0.2, 0.25) is 0 Å². The highest BCUT2D eigenvalue weighted by molar-refractivity contribution is 5.45. The zero-order valence-electron chi connectivity index (χ0n) is 14.9. The molecule has 1 aromatic carbocycles. The van der Waals surface area contributed by atoms with Crippen LogP contribution in [0.1, 0.15) is 29.4 Å². The number of aromatic nitrogens is 6. The van der Waals surface area contributed by atoms with Crippen molar-refractivity contribution in [1.29, 1.82) is 0 Å². The van der Waals surface area contributed by atoms with Gasteiger partial charge in [0.25, 0.3) is 0 Å². The maximum atomic E-state index is 14.2. The van der Waals surface area contributed by atoms with Crippen LogP contribution in [0.5, 0.6) is 5.75 Å². The van der Waals surface area contributed by atoms with Crippen molar-refractivity contribution in [2.75, 3.05) is 0 Å².